The number of allylic oxidation sites excluding steroid dienone is 2. The van der Waals surface area contributed by atoms with E-state index >= 15 is 0 Å². The van der Waals surface area contributed by atoms with E-state index in [1.165, 1.54) is 11.1 Å². The minimum absolute atomic E-state index is 0.723. The van der Waals surface area contributed by atoms with E-state index in [2.05, 4.69) is 24.8 Å². The van der Waals surface area contributed by atoms with Crippen molar-refractivity contribution in [2.45, 2.75) is 6.92 Å². The van der Waals surface area contributed by atoms with E-state index in [9.17, 15) is 0 Å². The highest BCUT2D eigenvalue weighted by Gasteiger charge is 1.85. The van der Waals surface area contributed by atoms with E-state index < -0.39 is 0 Å². The van der Waals surface area contributed by atoms with Gasteiger partial charge in [0.2, 0.25) is 0 Å². The molecular weight excluding hydrogens is 230 g/mol. The molecule has 0 aromatic heterocycles. The second kappa shape index (κ2) is 8.49. The molecule has 0 bridgehead atoms. The molecule has 1 heteroatoms. The van der Waals surface area contributed by atoms with E-state index in [0.717, 1.165) is 5.56 Å². The van der Waals surface area contributed by atoms with E-state index in [4.69, 9.17) is 5.26 Å². The molecule has 0 atom stereocenters. The molecule has 1 nitrogen and oxygen atoms in total. The zero-order valence-electron chi connectivity index (χ0n) is 11.1. The number of nitriles is 1. The van der Waals surface area contributed by atoms with Gasteiger partial charge in [0.05, 0.1) is 11.6 Å². The largest absolute Gasteiger partial charge is 0.192 e. The van der Waals surface area contributed by atoms with Crippen LogP contribution in [0.4, 0.5) is 0 Å². The predicted octanol–water partition coefficient (Wildman–Crippen LogP) is 4.75. The molecule has 0 aliphatic carbocycles. The van der Waals surface area contributed by atoms with Gasteiger partial charge in [0, 0.05) is 0 Å². The highest BCUT2D eigenvalue weighted by atomic mass is 14.2. The lowest BCUT2D eigenvalue weighted by Gasteiger charge is -1.88. The normalized spacial score (nSPS) is 9.26. The Balaban J connectivity index is 0.000000191. The minimum atomic E-state index is 0.723. The molecule has 2 aromatic carbocycles. The summed E-state index contributed by atoms with van der Waals surface area (Å²) in [5.74, 6) is 0. The van der Waals surface area contributed by atoms with Crippen molar-refractivity contribution >= 4 is 6.08 Å². The van der Waals surface area contributed by atoms with E-state index in [0.29, 0.717) is 0 Å². The first-order valence-electron chi connectivity index (χ1n) is 6.07. The average molecular weight is 247 g/mol. The van der Waals surface area contributed by atoms with Crippen LogP contribution in [0, 0.1) is 18.3 Å². The first kappa shape index (κ1) is 14.5. The molecule has 0 aliphatic heterocycles. The maximum Gasteiger partial charge on any atom is 0.0991 e. The summed E-state index contributed by atoms with van der Waals surface area (Å²) in [5.41, 5.74) is 3.12. The Morgan fingerprint density at radius 1 is 1.00 bits per heavy atom. The zero-order valence-corrected chi connectivity index (χ0v) is 11.1. The van der Waals surface area contributed by atoms with Gasteiger partial charge >= 0.3 is 0 Å². The number of hydrogen-bond acceptors (Lipinski definition) is 1. The minimum Gasteiger partial charge on any atom is -0.192 e. The number of aryl methyl sites for hydroxylation is 1. The summed E-state index contributed by atoms with van der Waals surface area (Å²) < 4.78 is 0. The van der Waals surface area contributed by atoms with Gasteiger partial charge in [-0.05, 0) is 24.6 Å². The van der Waals surface area contributed by atoms with Gasteiger partial charge in [0.15, 0.2) is 0 Å². The van der Waals surface area contributed by atoms with E-state index in [1.807, 2.05) is 61.5 Å². The summed E-state index contributed by atoms with van der Waals surface area (Å²) in [4.78, 5) is 0. The maximum atomic E-state index is 8.38. The third-order valence-corrected chi connectivity index (χ3v) is 2.40. The SMILES string of the molecule is C=C/C=C/c1ccccc1.Cc1ccc(C#N)cc1. The monoisotopic (exact) mass is 247 g/mol. The molecule has 2 rings (SSSR count). The van der Waals surface area contributed by atoms with Crippen molar-refractivity contribution in [1.82, 2.24) is 0 Å². The number of benzene rings is 2. The lowest BCUT2D eigenvalue weighted by atomic mass is 10.2. The Labute approximate surface area is 115 Å². The van der Waals surface area contributed by atoms with Crippen LogP contribution in [0.1, 0.15) is 16.7 Å². The van der Waals surface area contributed by atoms with Gasteiger partial charge in [-0.1, -0.05) is 72.8 Å². The molecule has 0 spiro atoms. The van der Waals surface area contributed by atoms with Crippen molar-refractivity contribution in [3.8, 4) is 6.07 Å². The Hall–Kier alpha value is -2.59. The first-order valence-corrected chi connectivity index (χ1v) is 6.07. The van der Waals surface area contributed by atoms with Crippen LogP contribution in [0.3, 0.4) is 0 Å². The fourth-order valence-electron chi connectivity index (χ4n) is 1.37. The summed E-state index contributed by atoms with van der Waals surface area (Å²) in [6, 6.07) is 19.7. The molecule has 0 amide bonds. The van der Waals surface area contributed by atoms with Crippen LogP contribution in [0.25, 0.3) is 6.08 Å². The summed E-state index contributed by atoms with van der Waals surface area (Å²) >= 11 is 0. The van der Waals surface area contributed by atoms with Crippen molar-refractivity contribution in [2.24, 2.45) is 0 Å². The van der Waals surface area contributed by atoms with Crippen molar-refractivity contribution in [3.63, 3.8) is 0 Å². The Bertz CT molecular complexity index is 557. The summed E-state index contributed by atoms with van der Waals surface area (Å²) in [6.45, 7) is 5.59. The van der Waals surface area contributed by atoms with Gasteiger partial charge < -0.3 is 0 Å². The standard InChI is InChI=1S/C10H10.C8H7N/c1-2-3-7-10-8-5-4-6-9-10;1-7-2-4-8(6-9)5-3-7/h2-9H,1H2;2-5H,1H3/b7-3+;. The van der Waals surface area contributed by atoms with Gasteiger partial charge in [0.1, 0.15) is 0 Å². The van der Waals surface area contributed by atoms with Gasteiger partial charge in [0.25, 0.3) is 0 Å². The summed E-state index contributed by atoms with van der Waals surface area (Å²) in [5, 5.41) is 8.38. The molecule has 0 saturated carbocycles. The van der Waals surface area contributed by atoms with Crippen LogP contribution >= 0.6 is 0 Å². The smallest absolute Gasteiger partial charge is 0.0991 e. The fraction of sp³-hybridized carbons (Fsp3) is 0.0556. The van der Waals surface area contributed by atoms with Crippen LogP contribution in [-0.4, -0.2) is 0 Å². The van der Waals surface area contributed by atoms with E-state index in [1.54, 1.807) is 6.08 Å². The first-order chi connectivity index (χ1) is 9.26. The van der Waals surface area contributed by atoms with Crippen LogP contribution in [0.2, 0.25) is 0 Å². The maximum absolute atomic E-state index is 8.38. The van der Waals surface area contributed by atoms with Gasteiger partial charge in [-0.2, -0.15) is 5.26 Å². The molecule has 0 radical (unpaired) electrons. The van der Waals surface area contributed by atoms with Crippen LogP contribution < -0.4 is 0 Å². The molecule has 0 fully saturated rings. The number of hydrogen-bond donors (Lipinski definition) is 0. The van der Waals surface area contributed by atoms with Crippen molar-refractivity contribution in [2.75, 3.05) is 0 Å². The topological polar surface area (TPSA) is 23.8 Å². The molecule has 0 aliphatic rings. The van der Waals surface area contributed by atoms with Crippen LogP contribution in [0.5, 0.6) is 0 Å². The third kappa shape index (κ3) is 6.05. The lowest BCUT2D eigenvalue weighted by Crippen LogP contribution is -1.72. The van der Waals surface area contributed by atoms with E-state index in [-0.39, 0.29) is 0 Å². The molecule has 19 heavy (non-hydrogen) atoms. The molecule has 0 heterocycles. The molecule has 94 valence electrons. The Kier molecular flexibility index (Phi) is 6.47. The average Bonchev–Trinajstić information content (AvgIpc) is 2.48. The van der Waals surface area contributed by atoms with Gasteiger partial charge in [-0.15, -0.1) is 0 Å². The van der Waals surface area contributed by atoms with Crippen LogP contribution in [0.15, 0.2) is 73.3 Å². The predicted molar refractivity (Wildman–Crippen MR) is 81.6 cm³/mol. The number of rotatable bonds is 2. The number of nitrogens with zero attached hydrogens (tertiary/aromatic N) is 1. The van der Waals surface area contributed by atoms with Crippen LogP contribution in [-0.2, 0) is 0 Å². The second-order valence-electron chi connectivity index (χ2n) is 3.98. The van der Waals surface area contributed by atoms with Crippen molar-refractivity contribution in [3.05, 3.63) is 90.0 Å². The highest BCUT2D eigenvalue weighted by Crippen LogP contribution is 2.00. The summed E-state index contributed by atoms with van der Waals surface area (Å²) in [7, 11) is 0. The lowest BCUT2D eigenvalue weighted by molar-refractivity contribution is 1.43. The van der Waals surface area contributed by atoms with Gasteiger partial charge in [-0.25, -0.2) is 0 Å². The van der Waals surface area contributed by atoms with Crippen molar-refractivity contribution in [1.29, 1.82) is 5.26 Å². The highest BCUT2D eigenvalue weighted by molar-refractivity contribution is 5.50. The third-order valence-electron chi connectivity index (χ3n) is 2.40. The Morgan fingerprint density at radius 3 is 2.16 bits per heavy atom. The quantitative estimate of drug-likeness (QED) is 0.702. The molecule has 2 aromatic rings. The molecule has 0 saturated heterocycles. The summed E-state index contributed by atoms with van der Waals surface area (Å²) in [6.07, 6.45) is 5.72. The molecule has 0 unspecified atom stereocenters. The molecular formula is C18H17N. The molecule has 0 N–H and O–H groups in total. The van der Waals surface area contributed by atoms with Crippen molar-refractivity contribution < 1.29 is 0 Å². The Morgan fingerprint density at radius 2 is 1.63 bits per heavy atom. The van der Waals surface area contributed by atoms with Gasteiger partial charge in [-0.3, -0.25) is 0 Å². The fourth-order valence-corrected chi connectivity index (χ4v) is 1.37. The second-order valence-corrected chi connectivity index (χ2v) is 3.98. The zero-order chi connectivity index (χ0) is 13.9.